The van der Waals surface area contributed by atoms with Gasteiger partial charge in [0.15, 0.2) is 11.6 Å². The summed E-state index contributed by atoms with van der Waals surface area (Å²) in [7, 11) is 0. The molecule has 10 aromatic rings. The molecule has 6 aromatic carbocycles. The van der Waals surface area contributed by atoms with Crippen LogP contribution < -0.4 is 0 Å². The second-order valence-electron chi connectivity index (χ2n) is 12.1. The molecule has 0 aliphatic carbocycles. The average molecular weight is 650 g/mol. The third-order valence-electron chi connectivity index (χ3n) is 9.47. The highest BCUT2D eigenvalue weighted by Crippen LogP contribution is 2.49. The Morgan fingerprint density at radius 3 is 2.23 bits per heavy atom. The Hall–Kier alpha value is -5.62. The van der Waals surface area contributed by atoms with E-state index in [1.165, 1.54) is 52.0 Å². The lowest BCUT2D eigenvalue weighted by atomic mass is 9.99. The van der Waals surface area contributed by atoms with Crippen molar-refractivity contribution in [2.45, 2.75) is 6.92 Å². The van der Waals surface area contributed by atoms with Crippen LogP contribution in [0.1, 0.15) is 17.4 Å². The fraction of sp³-hybridized carbons (Fsp3) is 0.0233. The van der Waals surface area contributed by atoms with Gasteiger partial charge in [-0.1, -0.05) is 116 Å². The maximum absolute atomic E-state index is 5.53. The normalized spacial score (nSPS) is 12.3. The molecule has 0 bridgehead atoms. The lowest BCUT2D eigenvalue weighted by Crippen LogP contribution is -2.02. The minimum Gasteiger partial charge on any atom is -0.292 e. The predicted octanol–water partition coefficient (Wildman–Crippen LogP) is 12.8. The molecule has 0 unspecified atom stereocenters. The molecule has 0 amide bonds. The van der Waals surface area contributed by atoms with Crippen molar-refractivity contribution < 1.29 is 0 Å². The van der Waals surface area contributed by atoms with E-state index < -0.39 is 0 Å². The van der Waals surface area contributed by atoms with Crippen molar-refractivity contribution in [3.63, 3.8) is 0 Å². The SMILES string of the molecule is C=Cc1c(/C=C\C)sc2c3ccccc3c3c4ccccc4n(-c4nc(-c5ccc6ccccc6c5)nc5c4sc4ccccc45)c3c12. The van der Waals surface area contributed by atoms with E-state index in [1.54, 1.807) is 11.3 Å². The summed E-state index contributed by atoms with van der Waals surface area (Å²) < 4.78 is 5.96. The molecule has 4 aromatic heterocycles. The Morgan fingerprint density at radius 2 is 1.40 bits per heavy atom. The van der Waals surface area contributed by atoms with Gasteiger partial charge < -0.3 is 0 Å². The average Bonchev–Trinajstić information content (AvgIpc) is 3.81. The van der Waals surface area contributed by atoms with Crippen LogP contribution in [0.15, 0.2) is 128 Å². The van der Waals surface area contributed by atoms with Gasteiger partial charge in [0.1, 0.15) is 0 Å². The number of hydrogen-bond acceptors (Lipinski definition) is 4. The lowest BCUT2D eigenvalue weighted by molar-refractivity contribution is 1.08. The van der Waals surface area contributed by atoms with Crippen molar-refractivity contribution in [2.75, 3.05) is 0 Å². The molecule has 0 radical (unpaired) electrons. The molecular formula is C43H27N3S2. The zero-order chi connectivity index (χ0) is 31.9. The molecule has 0 aliphatic rings. The van der Waals surface area contributed by atoms with Gasteiger partial charge in [0.25, 0.3) is 0 Å². The maximum atomic E-state index is 5.53. The highest BCUT2D eigenvalue weighted by atomic mass is 32.1. The van der Waals surface area contributed by atoms with Gasteiger partial charge in [-0.05, 0) is 47.4 Å². The van der Waals surface area contributed by atoms with Gasteiger partial charge in [-0.2, -0.15) is 0 Å². The summed E-state index contributed by atoms with van der Waals surface area (Å²) in [5.74, 6) is 1.62. The summed E-state index contributed by atoms with van der Waals surface area (Å²) in [6.07, 6.45) is 6.36. The Morgan fingerprint density at radius 1 is 0.667 bits per heavy atom. The summed E-state index contributed by atoms with van der Waals surface area (Å²) >= 11 is 3.61. The third kappa shape index (κ3) is 3.80. The van der Waals surface area contributed by atoms with Gasteiger partial charge in [0, 0.05) is 52.3 Å². The zero-order valence-electron chi connectivity index (χ0n) is 26.1. The van der Waals surface area contributed by atoms with E-state index in [9.17, 15) is 0 Å². The van der Waals surface area contributed by atoms with Gasteiger partial charge >= 0.3 is 0 Å². The second kappa shape index (κ2) is 10.4. The molecule has 4 heterocycles. The monoisotopic (exact) mass is 649 g/mol. The first kappa shape index (κ1) is 27.5. The van der Waals surface area contributed by atoms with E-state index in [2.05, 4.69) is 145 Å². The fourth-order valence-electron chi connectivity index (χ4n) is 7.42. The number of benzene rings is 6. The molecule has 0 N–H and O–H groups in total. The van der Waals surface area contributed by atoms with Crippen LogP contribution in [-0.2, 0) is 0 Å². The van der Waals surface area contributed by atoms with Gasteiger partial charge in [0.05, 0.1) is 21.3 Å². The number of allylic oxidation sites excluding steroid dienone is 1. The van der Waals surface area contributed by atoms with Crippen molar-refractivity contribution in [1.82, 2.24) is 14.5 Å². The first-order valence-electron chi connectivity index (χ1n) is 16.1. The molecular weight excluding hydrogens is 623 g/mol. The summed E-state index contributed by atoms with van der Waals surface area (Å²) in [5, 5.41) is 9.69. The van der Waals surface area contributed by atoms with Crippen LogP contribution in [0.3, 0.4) is 0 Å². The number of para-hydroxylation sites is 1. The number of aromatic nitrogens is 3. The molecule has 0 atom stereocenters. The fourth-order valence-corrected chi connectivity index (χ4v) is 9.86. The summed E-state index contributed by atoms with van der Waals surface area (Å²) in [5.41, 5.74) is 5.43. The summed E-state index contributed by atoms with van der Waals surface area (Å²) in [4.78, 5) is 12.0. The highest BCUT2D eigenvalue weighted by molar-refractivity contribution is 7.26. The zero-order valence-corrected chi connectivity index (χ0v) is 27.7. The van der Waals surface area contributed by atoms with Gasteiger partial charge in [0.2, 0.25) is 0 Å². The number of rotatable bonds is 4. The molecule has 0 aliphatic heterocycles. The van der Waals surface area contributed by atoms with Crippen molar-refractivity contribution in [1.29, 1.82) is 0 Å². The Balaban J connectivity index is 1.45. The molecule has 226 valence electrons. The molecule has 5 heteroatoms. The van der Waals surface area contributed by atoms with E-state index in [4.69, 9.17) is 9.97 Å². The standard InChI is InChI=1S/C43H27N3S2/c1-3-13-34-28(4-2)37-39-36(29-16-7-8-17-30(29)40(37)47-34)31-18-9-11-20-33(31)46(39)43-41-38(32-19-10-12-21-35(32)48-41)44-42(45-43)27-23-22-25-14-5-6-15-26(25)24-27/h3-24H,2H2,1H3/b13-3-. The third-order valence-corrected chi connectivity index (χ3v) is 11.8. The molecule has 10 rings (SSSR count). The Bertz CT molecular complexity index is 2990. The number of fused-ring (bicyclic) bond motifs is 12. The van der Waals surface area contributed by atoms with Crippen LogP contribution in [0.25, 0.3) is 103 Å². The molecule has 0 fully saturated rings. The van der Waals surface area contributed by atoms with Crippen molar-refractivity contribution in [2.24, 2.45) is 0 Å². The minimum atomic E-state index is 0.721. The van der Waals surface area contributed by atoms with E-state index in [-0.39, 0.29) is 0 Å². The first-order chi connectivity index (χ1) is 23.7. The second-order valence-corrected chi connectivity index (χ2v) is 14.2. The topological polar surface area (TPSA) is 30.7 Å². The van der Waals surface area contributed by atoms with Crippen LogP contribution in [0.2, 0.25) is 0 Å². The van der Waals surface area contributed by atoms with Gasteiger partial charge in [-0.25, -0.2) is 9.97 Å². The van der Waals surface area contributed by atoms with Crippen LogP contribution in [0.4, 0.5) is 0 Å². The lowest BCUT2D eigenvalue weighted by Gasteiger charge is -2.13. The van der Waals surface area contributed by atoms with Gasteiger partial charge in [-0.3, -0.25) is 4.57 Å². The molecule has 0 saturated carbocycles. The number of hydrogen-bond donors (Lipinski definition) is 0. The number of thiophene rings is 2. The Labute approximate surface area is 284 Å². The smallest absolute Gasteiger partial charge is 0.162 e. The van der Waals surface area contributed by atoms with Crippen molar-refractivity contribution in [3.8, 4) is 17.2 Å². The molecule has 0 spiro atoms. The van der Waals surface area contributed by atoms with E-state index >= 15 is 0 Å². The predicted molar refractivity (Wildman–Crippen MR) is 210 cm³/mol. The van der Waals surface area contributed by atoms with Crippen LogP contribution >= 0.6 is 22.7 Å². The van der Waals surface area contributed by atoms with Crippen LogP contribution in [-0.4, -0.2) is 14.5 Å². The van der Waals surface area contributed by atoms with E-state index in [1.807, 2.05) is 17.4 Å². The van der Waals surface area contributed by atoms with Gasteiger partial charge in [-0.15, -0.1) is 22.7 Å². The minimum absolute atomic E-state index is 0.721. The Kier molecular flexibility index (Phi) is 5.98. The van der Waals surface area contributed by atoms with Crippen molar-refractivity contribution >= 4 is 109 Å². The molecule has 48 heavy (non-hydrogen) atoms. The summed E-state index contributed by atoms with van der Waals surface area (Å²) in [6.45, 7) is 6.42. The first-order valence-corrected chi connectivity index (χ1v) is 17.7. The molecule has 3 nitrogen and oxygen atoms in total. The van der Waals surface area contributed by atoms with Crippen LogP contribution in [0, 0.1) is 0 Å². The maximum Gasteiger partial charge on any atom is 0.162 e. The highest BCUT2D eigenvalue weighted by Gasteiger charge is 2.25. The largest absolute Gasteiger partial charge is 0.292 e. The number of nitrogens with zero attached hydrogens (tertiary/aromatic N) is 3. The van der Waals surface area contributed by atoms with Crippen molar-refractivity contribution in [3.05, 3.63) is 138 Å². The van der Waals surface area contributed by atoms with E-state index in [0.717, 1.165) is 49.4 Å². The molecule has 0 saturated heterocycles. The quantitative estimate of drug-likeness (QED) is 0.190. The summed E-state index contributed by atoms with van der Waals surface area (Å²) in [6, 6.07) is 41.2. The van der Waals surface area contributed by atoms with E-state index in [0.29, 0.717) is 0 Å². The van der Waals surface area contributed by atoms with Crippen LogP contribution in [0.5, 0.6) is 0 Å².